The van der Waals surface area contributed by atoms with E-state index in [1.165, 1.54) is 0 Å². The summed E-state index contributed by atoms with van der Waals surface area (Å²) in [6.45, 7) is 28.0. The third-order valence-corrected chi connectivity index (χ3v) is 16.4. The summed E-state index contributed by atoms with van der Waals surface area (Å²) in [6.07, 6.45) is 8.62. The highest BCUT2D eigenvalue weighted by atomic mass is 79.9. The number of alkyl halides is 2. The minimum atomic E-state index is -0.185. The lowest BCUT2D eigenvalue weighted by Gasteiger charge is -2.27. The summed E-state index contributed by atoms with van der Waals surface area (Å²) in [5, 5.41) is 27.1. The second kappa shape index (κ2) is 21.8. The standard InChI is InChI=1S/C52H70Br2O4S4/c1-49(2,3)33-25-37-45(55)38(26-33)60-42-30-36(52(10,11)12)32-44(48(42)58-24-20-16-14-18-22-54)62-40-28-34(50(4,5)6)27-39(46(40)56)61-43-31-35(51(7,8)9)29-41(59-37)47(43)57-23-19-15-13-17-21-53/h25-32,55-56H,13-24H2,1-12H3. The minimum absolute atomic E-state index is 0.176. The van der Waals surface area contributed by atoms with Crippen LogP contribution in [0.5, 0.6) is 23.0 Å². The van der Waals surface area contributed by atoms with E-state index in [2.05, 4.69) is 163 Å². The van der Waals surface area contributed by atoms with Crippen LogP contribution in [0.2, 0.25) is 0 Å². The van der Waals surface area contributed by atoms with Gasteiger partial charge in [0.1, 0.15) is 23.0 Å². The molecule has 0 amide bonds. The number of fused-ring (bicyclic) bond motifs is 8. The van der Waals surface area contributed by atoms with Crippen LogP contribution in [0.25, 0.3) is 0 Å². The van der Waals surface area contributed by atoms with Gasteiger partial charge in [-0.25, -0.2) is 0 Å². The first-order valence-corrected chi connectivity index (χ1v) is 27.7. The van der Waals surface area contributed by atoms with Gasteiger partial charge in [-0.05, 0) is 118 Å². The Balaban J connectivity index is 1.85. The van der Waals surface area contributed by atoms with Gasteiger partial charge in [0, 0.05) is 10.7 Å². The number of rotatable bonds is 14. The highest BCUT2D eigenvalue weighted by molar-refractivity contribution is 9.09. The second-order valence-electron chi connectivity index (χ2n) is 20.6. The van der Waals surface area contributed by atoms with Crippen LogP contribution < -0.4 is 9.47 Å². The maximum atomic E-state index is 12.5. The summed E-state index contributed by atoms with van der Waals surface area (Å²) >= 11 is 13.5. The van der Waals surface area contributed by atoms with E-state index >= 15 is 0 Å². The molecule has 0 atom stereocenters. The fraction of sp³-hybridized carbons (Fsp3) is 0.538. The average Bonchev–Trinajstić information content (AvgIpc) is 3.16. The van der Waals surface area contributed by atoms with Crippen LogP contribution in [0.15, 0.2) is 87.7 Å². The normalized spacial score (nSPS) is 13.6. The van der Waals surface area contributed by atoms with Gasteiger partial charge in [-0.2, -0.15) is 0 Å². The molecule has 0 aromatic heterocycles. The molecule has 0 saturated carbocycles. The Morgan fingerprint density at radius 1 is 0.371 bits per heavy atom. The van der Waals surface area contributed by atoms with E-state index in [4.69, 9.17) is 9.47 Å². The number of hydrogen-bond acceptors (Lipinski definition) is 8. The number of hydrogen-bond donors (Lipinski definition) is 2. The zero-order chi connectivity index (χ0) is 45.6. The third-order valence-electron chi connectivity index (χ3n) is 11.0. The zero-order valence-corrected chi connectivity index (χ0v) is 45.6. The van der Waals surface area contributed by atoms with Gasteiger partial charge >= 0.3 is 0 Å². The van der Waals surface area contributed by atoms with Gasteiger partial charge in [0.25, 0.3) is 0 Å². The summed E-state index contributed by atoms with van der Waals surface area (Å²) in [6, 6.07) is 17.7. The number of aromatic hydroxyl groups is 2. The molecule has 62 heavy (non-hydrogen) atoms. The third kappa shape index (κ3) is 13.7. The number of halogens is 2. The van der Waals surface area contributed by atoms with E-state index in [1.54, 1.807) is 47.0 Å². The number of ether oxygens (including phenoxy) is 2. The average molecular weight is 1050 g/mol. The molecule has 0 aliphatic carbocycles. The summed E-state index contributed by atoms with van der Waals surface area (Å²) in [4.78, 5) is 6.94. The van der Waals surface area contributed by atoms with Crippen molar-refractivity contribution in [1.29, 1.82) is 0 Å². The molecule has 0 radical (unpaired) electrons. The molecule has 4 aromatic carbocycles. The van der Waals surface area contributed by atoms with Crippen molar-refractivity contribution in [3.8, 4) is 23.0 Å². The van der Waals surface area contributed by atoms with E-state index < -0.39 is 0 Å². The molecule has 340 valence electrons. The fourth-order valence-electron chi connectivity index (χ4n) is 6.87. The SMILES string of the molecule is CC(C)(C)c1cc2c(O)c(c1)Sc1cc(C(C)(C)C)cc(c1OCCCCCCBr)Sc1cc(C(C)(C)C)cc(c1O)Sc1cc(C(C)(C)C)cc(c1OCCCCCCBr)S2. The van der Waals surface area contributed by atoms with Gasteiger partial charge in [0.15, 0.2) is 0 Å². The molecule has 0 unspecified atom stereocenters. The van der Waals surface area contributed by atoms with Gasteiger partial charge in [-0.15, -0.1) is 0 Å². The Labute approximate surface area is 408 Å². The summed E-state index contributed by atoms with van der Waals surface area (Å²) < 4.78 is 13.8. The fourth-order valence-corrected chi connectivity index (χ4v) is 12.2. The highest BCUT2D eigenvalue weighted by Crippen LogP contribution is 2.56. The van der Waals surface area contributed by atoms with E-state index in [9.17, 15) is 10.2 Å². The van der Waals surface area contributed by atoms with Gasteiger partial charge in [-0.1, -0.05) is 188 Å². The summed E-state index contributed by atoms with van der Waals surface area (Å²) in [5.41, 5.74) is 3.88. The van der Waals surface area contributed by atoms with Crippen LogP contribution in [-0.2, 0) is 21.7 Å². The van der Waals surface area contributed by atoms with Crippen molar-refractivity contribution in [2.24, 2.45) is 0 Å². The topological polar surface area (TPSA) is 58.9 Å². The van der Waals surface area contributed by atoms with E-state index in [0.29, 0.717) is 13.2 Å². The van der Waals surface area contributed by atoms with Crippen LogP contribution in [0, 0.1) is 0 Å². The second-order valence-corrected chi connectivity index (χ2v) is 26.5. The molecule has 5 rings (SSSR count). The van der Waals surface area contributed by atoms with Crippen LogP contribution in [0.1, 0.15) is 157 Å². The van der Waals surface area contributed by atoms with Crippen LogP contribution in [0.3, 0.4) is 0 Å². The van der Waals surface area contributed by atoms with Crippen molar-refractivity contribution in [3.05, 3.63) is 70.8 Å². The lowest BCUT2D eigenvalue weighted by molar-refractivity contribution is 0.291. The van der Waals surface area contributed by atoms with E-state index in [1.807, 2.05) is 0 Å². The van der Waals surface area contributed by atoms with Crippen molar-refractivity contribution in [2.75, 3.05) is 23.9 Å². The number of phenols is 2. The monoisotopic (exact) mass is 1040 g/mol. The molecule has 0 spiro atoms. The molecule has 10 heteroatoms. The Morgan fingerprint density at radius 2 is 0.597 bits per heavy atom. The van der Waals surface area contributed by atoms with Gasteiger partial charge in [0.05, 0.1) is 52.4 Å². The molecule has 0 saturated heterocycles. The molecule has 4 nitrogen and oxygen atoms in total. The smallest absolute Gasteiger partial charge is 0.147 e. The van der Waals surface area contributed by atoms with Crippen LogP contribution >= 0.6 is 78.9 Å². The molecule has 8 bridgehead atoms. The Kier molecular flexibility index (Phi) is 18.1. The first-order chi connectivity index (χ1) is 29.0. The number of phenolic OH excluding ortho intramolecular Hbond substituents is 2. The maximum absolute atomic E-state index is 12.5. The van der Waals surface area contributed by atoms with E-state index in [0.717, 1.165) is 135 Å². The molecular formula is C52H70Br2O4S4. The van der Waals surface area contributed by atoms with Gasteiger partial charge in [-0.3, -0.25) is 0 Å². The van der Waals surface area contributed by atoms with Gasteiger partial charge in [0.2, 0.25) is 0 Å². The lowest BCUT2D eigenvalue weighted by Crippen LogP contribution is -2.13. The molecule has 1 aliphatic rings. The molecular weight excluding hydrogens is 977 g/mol. The predicted molar refractivity (Wildman–Crippen MR) is 276 cm³/mol. The van der Waals surface area contributed by atoms with Crippen LogP contribution in [0.4, 0.5) is 0 Å². The lowest BCUT2D eigenvalue weighted by atomic mass is 9.87. The van der Waals surface area contributed by atoms with Crippen LogP contribution in [-0.4, -0.2) is 34.1 Å². The highest BCUT2D eigenvalue weighted by Gasteiger charge is 2.29. The van der Waals surface area contributed by atoms with Crippen molar-refractivity contribution >= 4 is 78.9 Å². The molecule has 4 aromatic rings. The first-order valence-electron chi connectivity index (χ1n) is 22.2. The van der Waals surface area contributed by atoms with Crippen molar-refractivity contribution in [1.82, 2.24) is 0 Å². The van der Waals surface area contributed by atoms with Gasteiger partial charge < -0.3 is 19.7 Å². The maximum Gasteiger partial charge on any atom is 0.147 e. The van der Waals surface area contributed by atoms with Crippen molar-refractivity contribution in [3.63, 3.8) is 0 Å². The summed E-state index contributed by atoms with van der Waals surface area (Å²) in [7, 11) is 0. The number of unbranched alkanes of at least 4 members (excludes halogenated alkanes) is 6. The first kappa shape index (κ1) is 51.4. The van der Waals surface area contributed by atoms with Crippen molar-refractivity contribution in [2.45, 2.75) is 195 Å². The largest absolute Gasteiger partial charge is 0.506 e. The molecule has 0 fully saturated rings. The molecule has 1 aliphatic heterocycles. The van der Waals surface area contributed by atoms with E-state index in [-0.39, 0.29) is 33.2 Å². The number of benzene rings is 4. The summed E-state index contributed by atoms with van der Waals surface area (Å²) in [5.74, 6) is 2.09. The van der Waals surface area contributed by atoms with Crippen molar-refractivity contribution < 1.29 is 19.7 Å². The Hall–Kier alpha value is -1.56. The Morgan fingerprint density at radius 3 is 0.823 bits per heavy atom. The molecule has 2 N–H and O–H groups in total. The quantitative estimate of drug-likeness (QED) is 0.0843. The zero-order valence-electron chi connectivity index (χ0n) is 39.2. The minimum Gasteiger partial charge on any atom is -0.506 e. The Bertz CT molecular complexity index is 1910. The molecule has 1 heterocycles. The predicted octanol–water partition coefficient (Wildman–Crippen LogP) is 17.9.